The van der Waals surface area contributed by atoms with Crippen molar-refractivity contribution in [3.8, 4) is 0 Å². The van der Waals surface area contributed by atoms with Gasteiger partial charge in [0.25, 0.3) is 0 Å². The van der Waals surface area contributed by atoms with Gasteiger partial charge in [-0.05, 0) is 29.8 Å². The fourth-order valence-electron chi connectivity index (χ4n) is 2.14. The van der Waals surface area contributed by atoms with E-state index in [1.807, 2.05) is 48.5 Å². The summed E-state index contributed by atoms with van der Waals surface area (Å²) in [5, 5.41) is 0.722. The van der Waals surface area contributed by atoms with Crippen molar-refractivity contribution in [3.63, 3.8) is 0 Å². The monoisotopic (exact) mass is 307 g/mol. The Morgan fingerprint density at radius 2 is 1.80 bits per heavy atom. The summed E-state index contributed by atoms with van der Waals surface area (Å²) in [5.74, 6) is 0.906. The number of aromatic nitrogens is 2. The van der Waals surface area contributed by atoms with Crippen molar-refractivity contribution < 1.29 is 0 Å². The largest absolute Gasteiger partial charge is 0.342 e. The zero-order chi connectivity index (χ0) is 13.2. The van der Waals surface area contributed by atoms with Crippen molar-refractivity contribution in [1.82, 2.24) is 9.97 Å². The number of imidazole rings is 1. The molecule has 104 valence electrons. The smallest absolute Gasteiger partial charge is 0.109 e. The van der Waals surface area contributed by atoms with Crippen molar-refractivity contribution >= 4 is 35.0 Å². The van der Waals surface area contributed by atoms with Crippen LogP contribution in [0.4, 0.5) is 0 Å². The molecule has 0 aliphatic rings. The van der Waals surface area contributed by atoms with Gasteiger partial charge in [-0.2, -0.15) is 0 Å². The summed E-state index contributed by atoms with van der Waals surface area (Å²) in [6.07, 6.45) is 0.677. The molecule has 1 unspecified atom stereocenters. The first-order chi connectivity index (χ1) is 9.22. The molecule has 3 aromatic rings. The van der Waals surface area contributed by atoms with Gasteiger partial charge in [0.2, 0.25) is 0 Å². The van der Waals surface area contributed by atoms with E-state index in [0.29, 0.717) is 6.42 Å². The fourth-order valence-corrected chi connectivity index (χ4v) is 2.26. The highest BCUT2D eigenvalue weighted by atomic mass is 35.5. The number of nitrogens with two attached hydrogens (primary N) is 1. The summed E-state index contributed by atoms with van der Waals surface area (Å²) in [6, 6.07) is 15.5. The second kappa shape index (κ2) is 6.27. The van der Waals surface area contributed by atoms with Gasteiger partial charge in [0, 0.05) is 17.5 Å². The Labute approximate surface area is 128 Å². The third-order valence-electron chi connectivity index (χ3n) is 3.15. The molecular weight excluding hydrogens is 293 g/mol. The summed E-state index contributed by atoms with van der Waals surface area (Å²) in [4.78, 5) is 7.82. The molecule has 1 atom stereocenters. The highest BCUT2D eigenvalue weighted by Crippen LogP contribution is 2.19. The van der Waals surface area contributed by atoms with E-state index in [1.54, 1.807) is 0 Å². The molecule has 0 aliphatic heterocycles. The minimum absolute atomic E-state index is 0. The zero-order valence-corrected chi connectivity index (χ0v) is 12.3. The molecular formula is C15H15Cl2N3. The van der Waals surface area contributed by atoms with Crippen molar-refractivity contribution in [1.29, 1.82) is 0 Å². The molecule has 0 radical (unpaired) electrons. The van der Waals surface area contributed by atoms with E-state index in [4.69, 9.17) is 17.3 Å². The molecule has 0 spiro atoms. The lowest BCUT2D eigenvalue weighted by atomic mass is 10.0. The summed E-state index contributed by atoms with van der Waals surface area (Å²) in [6.45, 7) is 0. The number of aromatic amines is 1. The van der Waals surface area contributed by atoms with Gasteiger partial charge < -0.3 is 10.7 Å². The number of nitrogens with one attached hydrogen (secondary N) is 1. The first kappa shape index (κ1) is 14.9. The van der Waals surface area contributed by atoms with Crippen LogP contribution in [-0.4, -0.2) is 9.97 Å². The van der Waals surface area contributed by atoms with Crippen molar-refractivity contribution in [2.75, 3.05) is 0 Å². The average Bonchev–Trinajstić information content (AvgIpc) is 2.81. The average molecular weight is 308 g/mol. The maximum atomic E-state index is 6.20. The Hall–Kier alpha value is -1.55. The van der Waals surface area contributed by atoms with Crippen molar-refractivity contribution in [2.24, 2.45) is 5.73 Å². The molecule has 3 nitrogen and oxygen atoms in total. The minimum Gasteiger partial charge on any atom is -0.342 e. The molecule has 20 heavy (non-hydrogen) atoms. The maximum Gasteiger partial charge on any atom is 0.109 e. The summed E-state index contributed by atoms with van der Waals surface area (Å²) < 4.78 is 0. The number of nitrogens with zero attached hydrogens (tertiary/aromatic N) is 1. The normalized spacial score (nSPS) is 12.1. The van der Waals surface area contributed by atoms with Gasteiger partial charge >= 0.3 is 0 Å². The molecule has 1 aromatic heterocycles. The van der Waals surface area contributed by atoms with Crippen LogP contribution in [0.1, 0.15) is 17.4 Å². The Morgan fingerprint density at radius 1 is 1.10 bits per heavy atom. The molecule has 0 fully saturated rings. The van der Waals surface area contributed by atoms with E-state index in [0.717, 1.165) is 27.4 Å². The molecule has 0 bridgehead atoms. The molecule has 3 rings (SSSR count). The van der Waals surface area contributed by atoms with Crippen LogP contribution in [0, 0.1) is 0 Å². The standard InChI is InChI=1S/C15H14ClN3.ClH/c16-11-7-5-10(6-8-11)12(17)9-15-18-13-3-1-2-4-14(13)19-15;/h1-8,12H,9,17H2,(H,18,19);1H. The van der Waals surface area contributed by atoms with Gasteiger partial charge in [-0.3, -0.25) is 0 Å². The van der Waals surface area contributed by atoms with Gasteiger partial charge in [-0.1, -0.05) is 35.9 Å². The van der Waals surface area contributed by atoms with Crippen LogP contribution in [0.25, 0.3) is 11.0 Å². The Bertz CT molecular complexity index is 659. The van der Waals surface area contributed by atoms with Gasteiger partial charge in [0.1, 0.15) is 5.82 Å². The van der Waals surface area contributed by atoms with E-state index in [9.17, 15) is 0 Å². The number of H-pyrrole nitrogens is 1. The first-order valence-corrected chi connectivity index (χ1v) is 6.55. The lowest BCUT2D eigenvalue weighted by molar-refractivity contribution is 0.696. The molecule has 0 aliphatic carbocycles. The van der Waals surface area contributed by atoms with Crippen LogP contribution in [0.5, 0.6) is 0 Å². The Kier molecular flexibility index (Phi) is 4.65. The van der Waals surface area contributed by atoms with Gasteiger partial charge in [0.15, 0.2) is 0 Å². The maximum absolute atomic E-state index is 6.20. The number of halogens is 2. The SMILES string of the molecule is Cl.NC(Cc1nc2ccccc2[nH]1)c1ccc(Cl)cc1. The van der Waals surface area contributed by atoms with E-state index >= 15 is 0 Å². The van der Waals surface area contributed by atoms with Crippen molar-refractivity contribution in [3.05, 3.63) is 64.9 Å². The van der Waals surface area contributed by atoms with Crippen molar-refractivity contribution in [2.45, 2.75) is 12.5 Å². The fraction of sp³-hybridized carbons (Fsp3) is 0.133. The quantitative estimate of drug-likeness (QED) is 0.771. The predicted molar refractivity (Wildman–Crippen MR) is 85.4 cm³/mol. The molecule has 2 aromatic carbocycles. The van der Waals surface area contributed by atoms with Crippen LogP contribution in [0.2, 0.25) is 5.02 Å². The molecule has 0 saturated heterocycles. The molecule has 5 heteroatoms. The highest BCUT2D eigenvalue weighted by molar-refractivity contribution is 6.30. The first-order valence-electron chi connectivity index (χ1n) is 6.17. The topological polar surface area (TPSA) is 54.7 Å². The Morgan fingerprint density at radius 3 is 2.50 bits per heavy atom. The molecule has 0 amide bonds. The highest BCUT2D eigenvalue weighted by Gasteiger charge is 2.10. The number of benzene rings is 2. The van der Waals surface area contributed by atoms with Crippen LogP contribution in [0.15, 0.2) is 48.5 Å². The number of para-hydroxylation sites is 2. The molecule has 1 heterocycles. The predicted octanol–water partition coefficient (Wildman–Crippen LogP) is 3.88. The van der Waals surface area contributed by atoms with Gasteiger partial charge in [-0.15, -0.1) is 12.4 Å². The van der Waals surface area contributed by atoms with E-state index in [1.165, 1.54) is 0 Å². The van der Waals surface area contributed by atoms with Crippen LogP contribution >= 0.6 is 24.0 Å². The summed E-state index contributed by atoms with van der Waals surface area (Å²) in [7, 11) is 0. The lowest BCUT2D eigenvalue weighted by Crippen LogP contribution is -2.13. The summed E-state index contributed by atoms with van der Waals surface area (Å²) in [5.41, 5.74) is 9.27. The second-order valence-electron chi connectivity index (χ2n) is 4.56. The lowest BCUT2D eigenvalue weighted by Gasteiger charge is -2.10. The summed E-state index contributed by atoms with van der Waals surface area (Å²) >= 11 is 5.87. The minimum atomic E-state index is -0.0853. The number of fused-ring (bicyclic) bond motifs is 1. The van der Waals surface area contributed by atoms with E-state index in [-0.39, 0.29) is 18.4 Å². The second-order valence-corrected chi connectivity index (χ2v) is 5.00. The van der Waals surface area contributed by atoms with Crippen LogP contribution in [-0.2, 0) is 6.42 Å². The van der Waals surface area contributed by atoms with E-state index < -0.39 is 0 Å². The molecule has 0 saturated carbocycles. The van der Waals surface area contributed by atoms with Crippen LogP contribution in [0.3, 0.4) is 0 Å². The third-order valence-corrected chi connectivity index (χ3v) is 3.40. The van der Waals surface area contributed by atoms with Gasteiger partial charge in [-0.25, -0.2) is 4.98 Å². The van der Waals surface area contributed by atoms with E-state index in [2.05, 4.69) is 9.97 Å². The number of rotatable bonds is 3. The van der Waals surface area contributed by atoms with Crippen LogP contribution < -0.4 is 5.73 Å². The van der Waals surface area contributed by atoms with Gasteiger partial charge in [0.05, 0.1) is 11.0 Å². The zero-order valence-electron chi connectivity index (χ0n) is 10.7. The number of hydrogen-bond donors (Lipinski definition) is 2. The Balaban J connectivity index is 0.00000147. The molecule has 3 N–H and O–H groups in total. The third kappa shape index (κ3) is 3.12. The number of hydrogen-bond acceptors (Lipinski definition) is 2.